The van der Waals surface area contributed by atoms with Crippen LogP contribution in [0.15, 0.2) is 62.4 Å². The first-order valence-corrected chi connectivity index (χ1v) is 8.83. The Labute approximate surface area is 159 Å². The van der Waals surface area contributed by atoms with Gasteiger partial charge in [0, 0.05) is 24.1 Å². The molecule has 142 valence electrons. The largest absolute Gasteiger partial charge is 0.441 e. The van der Waals surface area contributed by atoms with Crippen LogP contribution in [-0.2, 0) is 13.0 Å². The van der Waals surface area contributed by atoms with Gasteiger partial charge in [-0.3, -0.25) is 9.09 Å². The van der Waals surface area contributed by atoms with Gasteiger partial charge in [0.15, 0.2) is 5.82 Å². The SMILES string of the molecule is Cc1ccc(-c2noc(CCCn3c(-c4ccccc4)noc3=O)n2)cc1F. The monoisotopic (exact) mass is 380 g/mol. The summed E-state index contributed by atoms with van der Waals surface area (Å²) in [6.45, 7) is 2.08. The van der Waals surface area contributed by atoms with Crippen LogP contribution in [0, 0.1) is 12.7 Å². The molecule has 0 saturated heterocycles. The van der Waals surface area contributed by atoms with Crippen LogP contribution in [0.5, 0.6) is 0 Å². The van der Waals surface area contributed by atoms with E-state index in [4.69, 9.17) is 9.05 Å². The maximum Gasteiger partial charge on any atom is 0.441 e. The molecular weight excluding hydrogens is 363 g/mol. The fourth-order valence-electron chi connectivity index (χ4n) is 2.85. The number of benzene rings is 2. The third kappa shape index (κ3) is 3.62. The van der Waals surface area contributed by atoms with Crippen molar-refractivity contribution in [1.29, 1.82) is 0 Å². The van der Waals surface area contributed by atoms with Crippen molar-refractivity contribution in [3.8, 4) is 22.8 Å². The van der Waals surface area contributed by atoms with E-state index in [1.54, 1.807) is 19.1 Å². The molecule has 2 aromatic heterocycles. The predicted octanol–water partition coefficient (Wildman–Crippen LogP) is 3.63. The standard InChI is InChI=1S/C20H17FN4O3/c1-13-9-10-15(12-16(13)21)18-22-17(27-23-18)8-5-11-25-19(24-28-20(25)26)14-6-3-2-4-7-14/h2-4,6-7,9-10,12H,5,8,11H2,1H3. The molecule has 0 N–H and O–H groups in total. The summed E-state index contributed by atoms with van der Waals surface area (Å²) in [5, 5.41) is 7.76. The van der Waals surface area contributed by atoms with Crippen molar-refractivity contribution in [3.05, 3.63) is 76.4 Å². The van der Waals surface area contributed by atoms with Crippen molar-refractivity contribution >= 4 is 0 Å². The van der Waals surface area contributed by atoms with Gasteiger partial charge in [-0.15, -0.1) is 0 Å². The predicted molar refractivity (Wildman–Crippen MR) is 98.9 cm³/mol. The van der Waals surface area contributed by atoms with E-state index >= 15 is 0 Å². The lowest BCUT2D eigenvalue weighted by molar-refractivity contribution is 0.363. The zero-order valence-electron chi connectivity index (χ0n) is 15.1. The average molecular weight is 380 g/mol. The molecule has 2 aromatic carbocycles. The number of halogens is 1. The van der Waals surface area contributed by atoms with E-state index in [2.05, 4.69) is 15.3 Å². The molecule has 0 saturated carbocycles. The Kier molecular flexibility index (Phi) is 4.84. The molecule has 4 rings (SSSR count). The molecule has 0 aliphatic rings. The molecule has 2 heterocycles. The van der Waals surface area contributed by atoms with Gasteiger partial charge in [-0.25, -0.2) is 9.18 Å². The molecule has 8 heteroatoms. The third-order valence-corrected chi connectivity index (χ3v) is 4.39. The number of hydrogen-bond acceptors (Lipinski definition) is 6. The van der Waals surface area contributed by atoms with E-state index < -0.39 is 5.76 Å². The quantitative estimate of drug-likeness (QED) is 0.508. The summed E-state index contributed by atoms with van der Waals surface area (Å²) in [7, 11) is 0. The molecule has 0 aliphatic carbocycles. The number of aromatic nitrogens is 4. The Balaban J connectivity index is 1.44. The van der Waals surface area contributed by atoms with Crippen molar-refractivity contribution in [1.82, 2.24) is 19.9 Å². The molecule has 0 bridgehead atoms. The Hall–Kier alpha value is -3.55. The van der Waals surface area contributed by atoms with Crippen molar-refractivity contribution in [3.63, 3.8) is 0 Å². The number of nitrogens with zero attached hydrogens (tertiary/aromatic N) is 4. The van der Waals surface area contributed by atoms with E-state index in [-0.39, 0.29) is 5.82 Å². The number of aryl methyl sites for hydroxylation is 2. The van der Waals surface area contributed by atoms with Gasteiger partial charge in [0.25, 0.3) is 0 Å². The van der Waals surface area contributed by atoms with Crippen LogP contribution in [-0.4, -0.2) is 19.9 Å². The first kappa shape index (κ1) is 17.8. The maximum atomic E-state index is 13.7. The van der Waals surface area contributed by atoms with E-state index in [9.17, 15) is 9.18 Å². The Bertz CT molecular complexity index is 1150. The fourth-order valence-corrected chi connectivity index (χ4v) is 2.85. The second-order valence-electron chi connectivity index (χ2n) is 6.37. The topological polar surface area (TPSA) is 87.0 Å². The molecule has 0 amide bonds. The highest BCUT2D eigenvalue weighted by Crippen LogP contribution is 2.20. The van der Waals surface area contributed by atoms with E-state index in [1.165, 1.54) is 10.6 Å². The lowest BCUT2D eigenvalue weighted by atomic mass is 10.1. The molecule has 0 unspecified atom stereocenters. The third-order valence-electron chi connectivity index (χ3n) is 4.39. The van der Waals surface area contributed by atoms with Crippen LogP contribution in [0.1, 0.15) is 17.9 Å². The zero-order chi connectivity index (χ0) is 19.5. The first-order chi connectivity index (χ1) is 13.6. The molecule has 0 radical (unpaired) electrons. The van der Waals surface area contributed by atoms with E-state index in [0.29, 0.717) is 48.1 Å². The molecule has 28 heavy (non-hydrogen) atoms. The summed E-state index contributed by atoms with van der Waals surface area (Å²) in [6.07, 6.45) is 1.04. The van der Waals surface area contributed by atoms with Crippen molar-refractivity contribution < 1.29 is 13.4 Å². The Morgan fingerprint density at radius 2 is 1.86 bits per heavy atom. The fraction of sp³-hybridized carbons (Fsp3) is 0.200. The highest BCUT2D eigenvalue weighted by Gasteiger charge is 2.14. The van der Waals surface area contributed by atoms with Gasteiger partial charge >= 0.3 is 5.76 Å². The van der Waals surface area contributed by atoms with E-state index in [0.717, 1.165) is 5.56 Å². The van der Waals surface area contributed by atoms with Gasteiger partial charge in [0.1, 0.15) is 5.82 Å². The van der Waals surface area contributed by atoms with E-state index in [1.807, 2.05) is 30.3 Å². The van der Waals surface area contributed by atoms with Crippen molar-refractivity contribution in [2.75, 3.05) is 0 Å². The average Bonchev–Trinajstić information content (AvgIpc) is 3.32. The van der Waals surface area contributed by atoms with Crippen LogP contribution in [0.2, 0.25) is 0 Å². The van der Waals surface area contributed by atoms with Gasteiger partial charge in [0.05, 0.1) is 0 Å². The Morgan fingerprint density at radius 3 is 2.64 bits per heavy atom. The van der Waals surface area contributed by atoms with Crippen LogP contribution in [0.3, 0.4) is 0 Å². The summed E-state index contributed by atoms with van der Waals surface area (Å²) in [6, 6.07) is 14.1. The molecule has 7 nitrogen and oxygen atoms in total. The van der Waals surface area contributed by atoms with Crippen LogP contribution >= 0.6 is 0 Å². The summed E-state index contributed by atoms with van der Waals surface area (Å²) >= 11 is 0. The van der Waals surface area contributed by atoms with Crippen LogP contribution < -0.4 is 5.76 Å². The lowest BCUT2D eigenvalue weighted by Gasteiger charge is -2.03. The summed E-state index contributed by atoms with van der Waals surface area (Å²) < 4.78 is 25.2. The minimum absolute atomic E-state index is 0.316. The lowest BCUT2D eigenvalue weighted by Crippen LogP contribution is -2.16. The summed E-state index contributed by atoms with van der Waals surface area (Å²) in [4.78, 5) is 16.3. The summed E-state index contributed by atoms with van der Waals surface area (Å²) in [5.74, 6) is 0.402. The number of hydrogen-bond donors (Lipinski definition) is 0. The normalized spacial score (nSPS) is 11.1. The number of rotatable bonds is 6. The highest BCUT2D eigenvalue weighted by molar-refractivity contribution is 5.55. The summed E-state index contributed by atoms with van der Waals surface area (Å²) in [5.41, 5.74) is 1.91. The zero-order valence-corrected chi connectivity index (χ0v) is 15.1. The van der Waals surface area contributed by atoms with Gasteiger partial charge in [-0.1, -0.05) is 52.8 Å². The first-order valence-electron chi connectivity index (χ1n) is 8.83. The minimum atomic E-state index is -0.514. The maximum absolute atomic E-state index is 13.7. The highest BCUT2D eigenvalue weighted by atomic mass is 19.1. The van der Waals surface area contributed by atoms with Gasteiger partial charge in [0.2, 0.25) is 11.7 Å². The smallest absolute Gasteiger partial charge is 0.339 e. The molecule has 4 aromatic rings. The van der Waals surface area contributed by atoms with Crippen molar-refractivity contribution in [2.45, 2.75) is 26.3 Å². The van der Waals surface area contributed by atoms with Gasteiger partial charge in [-0.05, 0) is 25.0 Å². The molecule has 0 aliphatic heterocycles. The minimum Gasteiger partial charge on any atom is -0.339 e. The molecular formula is C20H17FN4O3. The molecule has 0 spiro atoms. The molecule has 0 atom stereocenters. The van der Waals surface area contributed by atoms with Crippen LogP contribution in [0.25, 0.3) is 22.8 Å². The molecule has 0 fully saturated rings. The van der Waals surface area contributed by atoms with Crippen molar-refractivity contribution in [2.24, 2.45) is 0 Å². The second kappa shape index (κ2) is 7.59. The second-order valence-corrected chi connectivity index (χ2v) is 6.37. The van der Waals surface area contributed by atoms with Gasteiger partial charge < -0.3 is 4.52 Å². The van der Waals surface area contributed by atoms with Gasteiger partial charge in [-0.2, -0.15) is 4.98 Å². The van der Waals surface area contributed by atoms with Crippen LogP contribution in [0.4, 0.5) is 4.39 Å². The Morgan fingerprint density at radius 1 is 1.04 bits per heavy atom.